The Balaban J connectivity index is 3.78. The molecule has 0 aliphatic rings. The Morgan fingerprint density at radius 3 is 2.30 bits per heavy atom. The van der Waals surface area contributed by atoms with Gasteiger partial charge in [-0.2, -0.15) is 0 Å². The molecule has 0 amide bonds. The molecule has 10 heavy (non-hydrogen) atoms. The summed E-state index contributed by atoms with van der Waals surface area (Å²) in [7, 11) is 0. The van der Waals surface area contributed by atoms with E-state index in [0.717, 1.165) is 6.42 Å². The summed E-state index contributed by atoms with van der Waals surface area (Å²) >= 11 is 2.38. The van der Waals surface area contributed by atoms with Crippen molar-refractivity contribution in [2.24, 2.45) is 11.1 Å². The van der Waals surface area contributed by atoms with Gasteiger partial charge in [0.05, 0.1) is 0 Å². The molecular formula is C8H18IN. The summed E-state index contributed by atoms with van der Waals surface area (Å²) in [6.07, 6.45) is 2.31. The second kappa shape index (κ2) is 4.54. The van der Waals surface area contributed by atoms with Gasteiger partial charge >= 0.3 is 0 Å². The van der Waals surface area contributed by atoms with Gasteiger partial charge in [0.2, 0.25) is 0 Å². The third-order valence-electron chi connectivity index (χ3n) is 2.34. The molecule has 0 rings (SSSR count). The molecule has 0 spiro atoms. The van der Waals surface area contributed by atoms with Crippen LogP contribution in [0.5, 0.6) is 0 Å². The molecule has 0 heterocycles. The summed E-state index contributed by atoms with van der Waals surface area (Å²) in [5, 5.41) is 0. The molecule has 0 radical (unpaired) electrons. The zero-order valence-corrected chi connectivity index (χ0v) is 9.31. The van der Waals surface area contributed by atoms with Gasteiger partial charge in [0.25, 0.3) is 0 Å². The van der Waals surface area contributed by atoms with Crippen LogP contribution in [0.4, 0.5) is 0 Å². The number of rotatable bonds is 4. The van der Waals surface area contributed by atoms with E-state index in [1.54, 1.807) is 0 Å². The largest absolute Gasteiger partial charge is 0.327 e. The minimum atomic E-state index is 0.325. The lowest BCUT2D eigenvalue weighted by Crippen LogP contribution is -2.37. The second-order valence-electron chi connectivity index (χ2n) is 3.43. The van der Waals surface area contributed by atoms with Gasteiger partial charge in [0.15, 0.2) is 0 Å². The van der Waals surface area contributed by atoms with E-state index >= 15 is 0 Å². The Kier molecular flexibility index (Phi) is 4.86. The van der Waals surface area contributed by atoms with E-state index < -0.39 is 0 Å². The molecule has 2 heteroatoms. The minimum Gasteiger partial charge on any atom is -0.327 e. The topological polar surface area (TPSA) is 26.0 Å². The van der Waals surface area contributed by atoms with Crippen LogP contribution >= 0.6 is 22.6 Å². The molecule has 0 aromatic rings. The van der Waals surface area contributed by atoms with Crippen LogP contribution in [-0.4, -0.2) is 10.5 Å². The Bertz CT molecular complexity index is 91.3. The fourth-order valence-electron chi connectivity index (χ4n) is 0.770. The first-order chi connectivity index (χ1) is 4.54. The van der Waals surface area contributed by atoms with E-state index in [0.29, 0.717) is 11.5 Å². The highest BCUT2D eigenvalue weighted by molar-refractivity contribution is 14.1. The maximum absolute atomic E-state index is 5.97. The minimum absolute atomic E-state index is 0.325. The number of hydrogen-bond donors (Lipinski definition) is 1. The Morgan fingerprint density at radius 1 is 1.50 bits per heavy atom. The lowest BCUT2D eigenvalue weighted by atomic mass is 9.81. The summed E-state index contributed by atoms with van der Waals surface area (Å²) in [4.78, 5) is 0. The van der Waals surface area contributed by atoms with E-state index in [1.165, 1.54) is 10.8 Å². The van der Waals surface area contributed by atoms with Crippen LogP contribution in [0, 0.1) is 5.41 Å². The fraction of sp³-hybridized carbons (Fsp3) is 1.00. The van der Waals surface area contributed by atoms with Gasteiger partial charge in [-0.3, -0.25) is 0 Å². The molecule has 62 valence electrons. The van der Waals surface area contributed by atoms with Crippen LogP contribution in [0.1, 0.15) is 33.6 Å². The predicted octanol–water partition coefficient (Wildman–Crippen LogP) is 2.58. The molecule has 0 aliphatic carbocycles. The van der Waals surface area contributed by atoms with Crippen molar-refractivity contribution in [2.75, 3.05) is 4.43 Å². The first-order valence-corrected chi connectivity index (χ1v) is 5.38. The molecule has 1 atom stereocenters. The lowest BCUT2D eigenvalue weighted by molar-refractivity contribution is 0.270. The van der Waals surface area contributed by atoms with Gasteiger partial charge in [0, 0.05) is 10.5 Å². The first-order valence-electron chi connectivity index (χ1n) is 3.86. The molecule has 0 fully saturated rings. The van der Waals surface area contributed by atoms with Crippen molar-refractivity contribution in [2.45, 2.75) is 39.7 Å². The van der Waals surface area contributed by atoms with E-state index in [1.807, 2.05) is 0 Å². The Labute approximate surface area is 77.9 Å². The van der Waals surface area contributed by atoms with Crippen molar-refractivity contribution in [3.63, 3.8) is 0 Å². The summed E-state index contributed by atoms with van der Waals surface area (Å²) in [5.41, 5.74) is 6.29. The molecule has 0 aromatic carbocycles. The zero-order valence-electron chi connectivity index (χ0n) is 7.15. The smallest absolute Gasteiger partial charge is 0.00974 e. The molecule has 2 N–H and O–H groups in total. The molecule has 0 saturated heterocycles. The van der Waals surface area contributed by atoms with Crippen LogP contribution in [0.2, 0.25) is 0 Å². The Hall–Kier alpha value is 0.690. The summed E-state index contributed by atoms with van der Waals surface area (Å²) in [5.74, 6) is 0. The van der Waals surface area contributed by atoms with Crippen molar-refractivity contribution in [1.82, 2.24) is 0 Å². The average molecular weight is 255 g/mol. The highest BCUT2D eigenvalue weighted by Crippen LogP contribution is 2.25. The maximum Gasteiger partial charge on any atom is 0.00974 e. The second-order valence-corrected chi connectivity index (χ2v) is 4.51. The number of alkyl halides is 1. The molecule has 1 unspecified atom stereocenters. The van der Waals surface area contributed by atoms with Crippen LogP contribution in [0.25, 0.3) is 0 Å². The maximum atomic E-state index is 5.97. The molecular weight excluding hydrogens is 237 g/mol. The van der Waals surface area contributed by atoms with Crippen molar-refractivity contribution >= 4 is 22.6 Å². The lowest BCUT2D eigenvalue weighted by Gasteiger charge is -2.29. The molecule has 0 saturated carbocycles. The zero-order chi connectivity index (χ0) is 8.20. The van der Waals surface area contributed by atoms with Crippen LogP contribution in [0.3, 0.4) is 0 Å². The first kappa shape index (κ1) is 10.7. The Morgan fingerprint density at radius 2 is 2.00 bits per heavy atom. The van der Waals surface area contributed by atoms with Gasteiger partial charge in [-0.05, 0) is 18.3 Å². The molecule has 0 aromatic heterocycles. The number of nitrogens with two attached hydrogens (primary N) is 1. The van der Waals surface area contributed by atoms with E-state index in [-0.39, 0.29) is 0 Å². The van der Waals surface area contributed by atoms with Crippen LogP contribution < -0.4 is 5.73 Å². The van der Waals surface area contributed by atoms with E-state index in [4.69, 9.17) is 5.73 Å². The summed E-state index contributed by atoms with van der Waals surface area (Å²) in [6.45, 7) is 6.68. The SMILES string of the molecule is CCC(C)(C)C(N)CCI. The third-order valence-corrected chi connectivity index (χ3v) is 2.96. The monoisotopic (exact) mass is 255 g/mol. The van der Waals surface area contributed by atoms with Crippen molar-refractivity contribution < 1.29 is 0 Å². The summed E-state index contributed by atoms with van der Waals surface area (Å²) < 4.78 is 1.17. The average Bonchev–Trinajstić information content (AvgIpc) is 1.89. The van der Waals surface area contributed by atoms with Gasteiger partial charge in [-0.15, -0.1) is 0 Å². The van der Waals surface area contributed by atoms with Crippen molar-refractivity contribution in [1.29, 1.82) is 0 Å². The number of hydrogen-bond acceptors (Lipinski definition) is 1. The highest BCUT2D eigenvalue weighted by atomic mass is 127. The fourth-order valence-corrected chi connectivity index (χ4v) is 1.44. The summed E-state index contributed by atoms with van der Waals surface area (Å²) in [6, 6.07) is 0.370. The van der Waals surface area contributed by atoms with Crippen molar-refractivity contribution in [3.8, 4) is 0 Å². The van der Waals surface area contributed by atoms with Crippen molar-refractivity contribution in [3.05, 3.63) is 0 Å². The van der Waals surface area contributed by atoms with Gasteiger partial charge < -0.3 is 5.73 Å². The highest BCUT2D eigenvalue weighted by Gasteiger charge is 2.22. The molecule has 0 aliphatic heterocycles. The van der Waals surface area contributed by atoms with Gasteiger partial charge in [0.1, 0.15) is 0 Å². The quantitative estimate of drug-likeness (QED) is 0.606. The van der Waals surface area contributed by atoms with E-state index in [9.17, 15) is 0 Å². The molecule has 0 bridgehead atoms. The van der Waals surface area contributed by atoms with E-state index in [2.05, 4.69) is 43.4 Å². The third kappa shape index (κ3) is 3.19. The standard InChI is InChI=1S/C8H18IN/c1-4-8(2,3)7(10)5-6-9/h7H,4-6,10H2,1-3H3. The predicted molar refractivity (Wildman–Crippen MR) is 55.6 cm³/mol. The van der Waals surface area contributed by atoms with Crippen LogP contribution in [-0.2, 0) is 0 Å². The normalized spacial score (nSPS) is 15.3. The number of halogens is 1. The van der Waals surface area contributed by atoms with Gasteiger partial charge in [-0.25, -0.2) is 0 Å². The van der Waals surface area contributed by atoms with Gasteiger partial charge in [-0.1, -0.05) is 43.4 Å². The van der Waals surface area contributed by atoms with Crippen LogP contribution in [0.15, 0.2) is 0 Å². The molecule has 1 nitrogen and oxygen atoms in total.